The zero-order valence-corrected chi connectivity index (χ0v) is 37.6. The Hall–Kier alpha value is -8.26. The van der Waals surface area contributed by atoms with E-state index in [1.54, 1.807) is 0 Å². The topological polar surface area (TPSA) is 57.0 Å². The molecule has 2 aromatic heterocycles. The lowest BCUT2D eigenvalue weighted by Crippen LogP contribution is -2.35. The molecule has 0 radical (unpaired) electrons. The molecule has 0 spiro atoms. The number of anilines is 3. The van der Waals surface area contributed by atoms with Gasteiger partial charge >= 0.3 is 0 Å². The van der Waals surface area contributed by atoms with Crippen molar-refractivity contribution in [2.24, 2.45) is 9.98 Å². The Bertz CT molecular complexity index is 3710. The summed E-state index contributed by atoms with van der Waals surface area (Å²) in [5.74, 6) is 1.44. The van der Waals surface area contributed by atoms with Crippen molar-refractivity contribution < 1.29 is 0 Å². The molecule has 2 aliphatic heterocycles. The fourth-order valence-corrected chi connectivity index (χ4v) is 11.4. The Balaban J connectivity index is 0.829. The van der Waals surface area contributed by atoms with Crippen molar-refractivity contribution in [3.63, 3.8) is 0 Å². The van der Waals surface area contributed by atoms with E-state index in [1.807, 2.05) is 11.3 Å². The van der Waals surface area contributed by atoms with E-state index < -0.39 is 0 Å². The first-order chi connectivity index (χ1) is 33.1. The van der Waals surface area contributed by atoms with Gasteiger partial charge in [0, 0.05) is 47.8 Å². The van der Waals surface area contributed by atoms with Crippen LogP contribution in [0.3, 0.4) is 0 Å². The van der Waals surface area contributed by atoms with E-state index in [4.69, 9.17) is 9.98 Å². The van der Waals surface area contributed by atoms with E-state index in [9.17, 15) is 0 Å². The van der Waals surface area contributed by atoms with Gasteiger partial charge in [-0.25, -0.2) is 4.99 Å². The Kier molecular flexibility index (Phi) is 9.35. The van der Waals surface area contributed by atoms with Crippen LogP contribution < -0.4 is 15.5 Å². The van der Waals surface area contributed by atoms with Gasteiger partial charge in [0.1, 0.15) is 12.0 Å². The Labute approximate surface area is 392 Å². The molecule has 0 fully saturated rings. The Morgan fingerprint density at radius 1 is 0.493 bits per heavy atom. The van der Waals surface area contributed by atoms with Crippen LogP contribution in [0.4, 0.5) is 17.1 Å². The minimum Gasteiger partial charge on any atom is -0.363 e. The normalized spacial score (nSPS) is 15.7. The first-order valence-electron chi connectivity index (χ1n) is 23.0. The van der Waals surface area contributed by atoms with Gasteiger partial charge in [0.15, 0.2) is 6.17 Å². The summed E-state index contributed by atoms with van der Waals surface area (Å²) in [6.45, 7) is 2.23. The summed E-state index contributed by atoms with van der Waals surface area (Å²) >= 11 is 1.83. The van der Waals surface area contributed by atoms with E-state index in [2.05, 4.69) is 239 Å². The second-order valence-corrected chi connectivity index (χ2v) is 18.4. The maximum atomic E-state index is 5.45. The number of aliphatic imine (C=N–C) groups is 2. The van der Waals surface area contributed by atoms with Gasteiger partial charge in [0.05, 0.1) is 22.4 Å². The monoisotopic (exact) mass is 880 g/mol. The second kappa shape index (κ2) is 16.0. The van der Waals surface area contributed by atoms with Crippen LogP contribution in [0.1, 0.15) is 30.6 Å². The maximum absolute atomic E-state index is 5.45. The largest absolute Gasteiger partial charge is 0.363 e. The van der Waals surface area contributed by atoms with Gasteiger partial charge in [-0.1, -0.05) is 165 Å². The van der Waals surface area contributed by atoms with Crippen LogP contribution in [0.15, 0.2) is 222 Å². The molecule has 2 unspecified atom stereocenters. The molecule has 2 atom stereocenters. The van der Waals surface area contributed by atoms with Crippen molar-refractivity contribution in [3.8, 4) is 33.4 Å². The molecule has 0 aliphatic carbocycles. The number of nitrogens with one attached hydrogen (secondary N) is 2. The van der Waals surface area contributed by atoms with Crippen LogP contribution in [0.25, 0.3) is 75.4 Å². The number of thiophene rings is 1. The Morgan fingerprint density at radius 3 is 1.73 bits per heavy atom. The molecular weight excluding hydrogens is 837 g/mol. The van der Waals surface area contributed by atoms with E-state index >= 15 is 0 Å². The summed E-state index contributed by atoms with van der Waals surface area (Å²) < 4.78 is 4.73. The highest BCUT2D eigenvalue weighted by Gasteiger charge is 2.29. The van der Waals surface area contributed by atoms with Crippen LogP contribution in [-0.4, -0.2) is 22.5 Å². The second-order valence-electron chi connectivity index (χ2n) is 17.4. The molecule has 67 heavy (non-hydrogen) atoms. The van der Waals surface area contributed by atoms with E-state index in [1.165, 1.54) is 70.3 Å². The van der Waals surface area contributed by atoms with Crippen molar-refractivity contribution in [2.45, 2.75) is 25.7 Å². The molecule has 0 saturated carbocycles. The minimum absolute atomic E-state index is 0.237. The molecule has 320 valence electrons. The van der Waals surface area contributed by atoms with Gasteiger partial charge in [0.2, 0.25) is 5.96 Å². The molecule has 7 heteroatoms. The maximum Gasteiger partial charge on any atom is 0.234 e. The molecule has 0 amide bonds. The molecule has 6 nitrogen and oxygen atoms in total. The number of amidine groups is 1. The highest BCUT2D eigenvalue weighted by Crippen LogP contribution is 2.42. The lowest BCUT2D eigenvalue weighted by Gasteiger charge is -2.26. The molecule has 9 aromatic carbocycles. The lowest BCUT2D eigenvalue weighted by atomic mass is 9.96. The first kappa shape index (κ1) is 39.1. The van der Waals surface area contributed by atoms with Crippen LogP contribution >= 0.6 is 11.3 Å². The van der Waals surface area contributed by atoms with Crippen LogP contribution in [0, 0.1) is 0 Å². The van der Waals surface area contributed by atoms with Gasteiger partial charge in [-0.05, 0) is 94.4 Å². The van der Waals surface area contributed by atoms with Gasteiger partial charge in [-0.2, -0.15) is 4.99 Å². The van der Waals surface area contributed by atoms with Gasteiger partial charge in [0.25, 0.3) is 0 Å². The quantitative estimate of drug-likeness (QED) is 0.168. The number of nitrogens with zero attached hydrogens (tertiary/aromatic N) is 4. The fourth-order valence-electron chi connectivity index (χ4n) is 10.2. The summed E-state index contributed by atoms with van der Waals surface area (Å²) in [5.41, 5.74) is 14.9. The number of fused-ring (bicyclic) bond motifs is 7. The lowest BCUT2D eigenvalue weighted by molar-refractivity contribution is 0.674. The molecule has 4 heterocycles. The number of para-hydroxylation sites is 4. The summed E-state index contributed by atoms with van der Waals surface area (Å²) in [5, 5.41) is 12.4. The van der Waals surface area contributed by atoms with Crippen molar-refractivity contribution in [1.82, 2.24) is 9.88 Å². The summed E-state index contributed by atoms with van der Waals surface area (Å²) in [4.78, 5) is 13.2. The van der Waals surface area contributed by atoms with Crippen molar-refractivity contribution in [2.75, 3.05) is 10.2 Å². The van der Waals surface area contributed by atoms with Crippen LogP contribution in [-0.2, 0) is 0 Å². The van der Waals surface area contributed by atoms with E-state index in [0.29, 0.717) is 5.96 Å². The van der Waals surface area contributed by atoms with E-state index in [0.717, 1.165) is 45.5 Å². The highest BCUT2D eigenvalue weighted by atomic mass is 32.1. The molecule has 0 saturated heterocycles. The van der Waals surface area contributed by atoms with Crippen molar-refractivity contribution in [1.29, 1.82) is 0 Å². The van der Waals surface area contributed by atoms with Crippen LogP contribution in [0.5, 0.6) is 0 Å². The number of rotatable bonds is 7. The number of hydrogen-bond acceptors (Lipinski definition) is 6. The van der Waals surface area contributed by atoms with Gasteiger partial charge in [-0.3, -0.25) is 4.57 Å². The predicted molar refractivity (Wildman–Crippen MR) is 283 cm³/mol. The van der Waals surface area contributed by atoms with Crippen molar-refractivity contribution in [3.05, 3.63) is 223 Å². The Morgan fingerprint density at radius 2 is 1.04 bits per heavy atom. The highest BCUT2D eigenvalue weighted by molar-refractivity contribution is 7.26. The van der Waals surface area contributed by atoms with Gasteiger partial charge < -0.3 is 15.5 Å². The fraction of sp³-hybridized carbons (Fsp3) is 0.0667. The van der Waals surface area contributed by atoms with E-state index in [-0.39, 0.29) is 12.3 Å². The zero-order chi connectivity index (χ0) is 44.4. The number of hydrogen-bond donors (Lipinski definition) is 2. The molecule has 11 aromatic rings. The smallest absolute Gasteiger partial charge is 0.234 e. The molecular formula is C60H44N6S. The number of aromatic nitrogens is 1. The SMILES string of the molecule is CCC1Nc2ccccc2N1c1ccc(-c2cccc(-c3ccc(-c4cccc(C5=NC(n6c7ccccc7c7ccccc76)=NC(c6cccc7c6sc6ccccc67)N5)c4)cc3)c2)cc1. The summed E-state index contributed by atoms with van der Waals surface area (Å²) in [7, 11) is 0. The minimum atomic E-state index is -0.371. The molecule has 13 rings (SSSR count). The van der Waals surface area contributed by atoms with Crippen LogP contribution in [0.2, 0.25) is 0 Å². The number of benzene rings is 9. The molecule has 0 bridgehead atoms. The predicted octanol–water partition coefficient (Wildman–Crippen LogP) is 15.4. The molecule has 2 aliphatic rings. The third-order valence-corrected chi connectivity index (χ3v) is 14.7. The summed E-state index contributed by atoms with van der Waals surface area (Å²) in [6, 6.07) is 76.4. The zero-order valence-electron chi connectivity index (χ0n) is 36.8. The van der Waals surface area contributed by atoms with Gasteiger partial charge in [-0.15, -0.1) is 11.3 Å². The third kappa shape index (κ3) is 6.69. The van der Waals surface area contributed by atoms with Crippen molar-refractivity contribution >= 4 is 82.2 Å². The average molecular weight is 881 g/mol. The first-order valence-corrected chi connectivity index (χ1v) is 23.9. The standard InChI is InChI=1S/C60H44N6S/c1-2-56-61-51-23-6-9-26-54(51)65(56)45-34-32-40(33-35-45)42-15-11-14-41(36-42)38-28-30-39(31-29-38)43-16-12-17-44(37-43)58-62-59(50-22-13-21-49-48-20-5-10-27-55(48)67-57(49)50)64-60(63-58)66-52-24-7-3-18-46(52)47-19-4-8-25-53(47)66/h3-37,56,59,61H,2H2,1H3,(H,62,63,64). The molecule has 2 N–H and O–H groups in total. The average Bonchev–Trinajstić information content (AvgIpc) is 4.09. The summed E-state index contributed by atoms with van der Waals surface area (Å²) in [6.07, 6.45) is 0.868. The third-order valence-electron chi connectivity index (χ3n) is 13.5.